The standard InChI is InChI=1S/C7H14FO2P/c1-6-4-3-5-7(6)10-11(2,8)9/h6-7H,3-5H2,1-2H3/t6-,7+,11?/m0/s1. The fraction of sp³-hybridized carbons (Fsp3) is 1.00. The van der Waals surface area contributed by atoms with Crippen molar-refractivity contribution in [2.24, 2.45) is 5.92 Å². The Balaban J connectivity index is 2.43. The van der Waals surface area contributed by atoms with Gasteiger partial charge >= 0.3 is 7.68 Å². The molecule has 66 valence electrons. The van der Waals surface area contributed by atoms with Gasteiger partial charge in [0.25, 0.3) is 0 Å². The Morgan fingerprint density at radius 1 is 1.55 bits per heavy atom. The molecule has 3 atom stereocenters. The van der Waals surface area contributed by atoms with Crippen molar-refractivity contribution in [1.29, 1.82) is 0 Å². The first kappa shape index (κ1) is 9.21. The quantitative estimate of drug-likeness (QED) is 0.610. The lowest BCUT2D eigenvalue weighted by Crippen LogP contribution is -2.12. The molecule has 0 amide bonds. The fourth-order valence-corrected chi connectivity index (χ4v) is 2.31. The summed E-state index contributed by atoms with van der Waals surface area (Å²) in [5, 5.41) is 0. The first-order valence-electron chi connectivity index (χ1n) is 3.94. The summed E-state index contributed by atoms with van der Waals surface area (Å²) in [6, 6.07) is 0. The lowest BCUT2D eigenvalue weighted by atomic mass is 10.1. The van der Waals surface area contributed by atoms with E-state index in [-0.39, 0.29) is 6.10 Å². The van der Waals surface area contributed by atoms with Crippen molar-refractivity contribution in [3.05, 3.63) is 0 Å². The third-order valence-corrected chi connectivity index (χ3v) is 2.75. The molecule has 0 aliphatic heterocycles. The van der Waals surface area contributed by atoms with E-state index in [1.807, 2.05) is 6.92 Å². The van der Waals surface area contributed by atoms with Gasteiger partial charge in [0.15, 0.2) is 0 Å². The Labute approximate surface area is 66.7 Å². The zero-order chi connectivity index (χ0) is 8.48. The molecule has 1 fully saturated rings. The predicted octanol–water partition coefficient (Wildman–Crippen LogP) is 2.98. The van der Waals surface area contributed by atoms with E-state index in [1.54, 1.807) is 0 Å². The Hall–Kier alpha value is 0.120. The van der Waals surface area contributed by atoms with Gasteiger partial charge in [0.1, 0.15) is 0 Å². The van der Waals surface area contributed by atoms with E-state index < -0.39 is 7.68 Å². The van der Waals surface area contributed by atoms with Gasteiger partial charge in [-0.1, -0.05) is 13.3 Å². The van der Waals surface area contributed by atoms with Crippen LogP contribution in [0.15, 0.2) is 0 Å². The van der Waals surface area contributed by atoms with Crippen LogP contribution in [-0.4, -0.2) is 12.8 Å². The minimum absolute atomic E-state index is 0.115. The van der Waals surface area contributed by atoms with Crippen LogP contribution in [0.5, 0.6) is 0 Å². The minimum atomic E-state index is -3.75. The van der Waals surface area contributed by atoms with E-state index in [1.165, 1.54) is 0 Å². The molecule has 0 aromatic heterocycles. The lowest BCUT2D eigenvalue weighted by Gasteiger charge is -2.16. The highest BCUT2D eigenvalue weighted by atomic mass is 31.2. The van der Waals surface area contributed by atoms with Crippen LogP contribution >= 0.6 is 7.68 Å². The van der Waals surface area contributed by atoms with Crippen LogP contribution in [-0.2, 0) is 9.09 Å². The largest absolute Gasteiger partial charge is 0.364 e. The molecular weight excluding hydrogens is 166 g/mol. The number of rotatable bonds is 2. The van der Waals surface area contributed by atoms with Gasteiger partial charge in [0.2, 0.25) is 0 Å². The number of hydrogen-bond acceptors (Lipinski definition) is 2. The van der Waals surface area contributed by atoms with Crippen molar-refractivity contribution in [1.82, 2.24) is 0 Å². The minimum Gasteiger partial charge on any atom is -0.302 e. The second kappa shape index (κ2) is 3.24. The molecule has 0 radical (unpaired) electrons. The Morgan fingerprint density at radius 3 is 2.55 bits per heavy atom. The van der Waals surface area contributed by atoms with Gasteiger partial charge in [0.05, 0.1) is 6.10 Å². The molecule has 0 N–H and O–H groups in total. The normalized spacial score (nSPS) is 37.0. The summed E-state index contributed by atoms with van der Waals surface area (Å²) in [5.41, 5.74) is 0. The molecule has 0 aromatic carbocycles. The average molecular weight is 180 g/mol. The first-order chi connectivity index (χ1) is 4.99. The van der Waals surface area contributed by atoms with E-state index in [9.17, 15) is 8.76 Å². The van der Waals surface area contributed by atoms with Crippen LogP contribution in [0.4, 0.5) is 4.20 Å². The van der Waals surface area contributed by atoms with Crippen molar-refractivity contribution < 1.29 is 13.3 Å². The molecule has 0 spiro atoms. The van der Waals surface area contributed by atoms with Crippen LogP contribution in [0.1, 0.15) is 26.2 Å². The maximum absolute atomic E-state index is 12.5. The zero-order valence-electron chi connectivity index (χ0n) is 6.92. The van der Waals surface area contributed by atoms with E-state index in [2.05, 4.69) is 0 Å². The van der Waals surface area contributed by atoms with Crippen LogP contribution in [0.2, 0.25) is 0 Å². The van der Waals surface area contributed by atoms with Gasteiger partial charge < -0.3 is 4.52 Å². The van der Waals surface area contributed by atoms with Gasteiger partial charge in [-0.05, 0) is 18.8 Å². The number of hydrogen-bond donors (Lipinski definition) is 0. The van der Waals surface area contributed by atoms with Crippen LogP contribution in [0, 0.1) is 5.92 Å². The summed E-state index contributed by atoms with van der Waals surface area (Å²) in [7, 11) is -3.75. The highest BCUT2D eigenvalue weighted by molar-refractivity contribution is 7.52. The van der Waals surface area contributed by atoms with E-state index >= 15 is 0 Å². The third kappa shape index (κ3) is 2.92. The summed E-state index contributed by atoms with van der Waals surface area (Å²) >= 11 is 0. The molecule has 0 bridgehead atoms. The molecule has 4 heteroatoms. The molecule has 0 saturated heterocycles. The smallest absolute Gasteiger partial charge is 0.302 e. The number of halogens is 1. The highest BCUT2D eigenvalue weighted by Gasteiger charge is 2.29. The summed E-state index contributed by atoms with van der Waals surface area (Å²) in [4.78, 5) is 0. The Morgan fingerprint density at radius 2 is 2.18 bits per heavy atom. The van der Waals surface area contributed by atoms with Gasteiger partial charge in [-0.3, -0.25) is 4.57 Å². The lowest BCUT2D eigenvalue weighted by molar-refractivity contribution is 0.159. The Bertz CT molecular complexity index is 177. The topological polar surface area (TPSA) is 26.3 Å². The molecule has 2 nitrogen and oxygen atoms in total. The van der Waals surface area contributed by atoms with Gasteiger partial charge in [-0.2, -0.15) is 4.20 Å². The summed E-state index contributed by atoms with van der Waals surface area (Å²) in [6.45, 7) is 3.03. The van der Waals surface area contributed by atoms with Gasteiger partial charge in [-0.25, -0.2) is 0 Å². The van der Waals surface area contributed by atoms with E-state index in [0.29, 0.717) is 5.92 Å². The summed E-state index contributed by atoms with van der Waals surface area (Å²) in [5.74, 6) is 0.360. The van der Waals surface area contributed by atoms with Crippen molar-refractivity contribution in [2.45, 2.75) is 32.3 Å². The molecule has 1 aliphatic rings. The molecule has 0 heterocycles. The van der Waals surface area contributed by atoms with E-state index in [0.717, 1.165) is 25.9 Å². The van der Waals surface area contributed by atoms with Crippen LogP contribution in [0.25, 0.3) is 0 Å². The molecule has 0 aromatic rings. The summed E-state index contributed by atoms with van der Waals surface area (Å²) < 4.78 is 28.0. The van der Waals surface area contributed by atoms with Crippen LogP contribution < -0.4 is 0 Å². The van der Waals surface area contributed by atoms with Gasteiger partial charge in [-0.15, -0.1) is 0 Å². The van der Waals surface area contributed by atoms with Crippen molar-refractivity contribution in [2.75, 3.05) is 6.66 Å². The first-order valence-corrected chi connectivity index (χ1v) is 5.91. The van der Waals surface area contributed by atoms with Crippen molar-refractivity contribution in [3.8, 4) is 0 Å². The molecule has 1 unspecified atom stereocenters. The third-order valence-electron chi connectivity index (χ3n) is 2.11. The van der Waals surface area contributed by atoms with E-state index in [4.69, 9.17) is 4.52 Å². The molecule has 1 aliphatic carbocycles. The SMILES string of the molecule is C[C@H]1CCC[C@H]1OP(C)(=O)F. The molecular formula is C7H14FO2P. The van der Waals surface area contributed by atoms with Crippen molar-refractivity contribution in [3.63, 3.8) is 0 Å². The second-order valence-electron chi connectivity index (χ2n) is 3.30. The fourth-order valence-electron chi connectivity index (χ4n) is 1.51. The summed E-state index contributed by atoms with van der Waals surface area (Å²) in [6.07, 6.45) is 2.86. The zero-order valence-corrected chi connectivity index (χ0v) is 7.81. The monoisotopic (exact) mass is 180 g/mol. The van der Waals surface area contributed by atoms with Gasteiger partial charge in [0, 0.05) is 6.66 Å². The highest BCUT2D eigenvalue weighted by Crippen LogP contribution is 2.48. The maximum atomic E-state index is 12.5. The molecule has 11 heavy (non-hydrogen) atoms. The second-order valence-corrected chi connectivity index (χ2v) is 5.00. The predicted molar refractivity (Wildman–Crippen MR) is 42.5 cm³/mol. The molecule has 1 rings (SSSR count). The maximum Gasteiger partial charge on any atom is 0.364 e. The van der Waals surface area contributed by atoms with Crippen LogP contribution in [0.3, 0.4) is 0 Å². The Kier molecular flexibility index (Phi) is 2.71. The average Bonchev–Trinajstić information content (AvgIpc) is 2.12. The van der Waals surface area contributed by atoms with Crippen molar-refractivity contribution >= 4 is 7.68 Å². The molecule has 1 saturated carbocycles.